The van der Waals surface area contributed by atoms with E-state index in [0.717, 1.165) is 16.8 Å². The van der Waals surface area contributed by atoms with Gasteiger partial charge in [-0.25, -0.2) is 4.98 Å². The molecule has 0 fully saturated rings. The number of ether oxygens (including phenoxy) is 1. The number of anilines is 1. The zero-order valence-electron chi connectivity index (χ0n) is 17.0. The molecule has 4 rings (SSSR count). The van der Waals surface area contributed by atoms with Gasteiger partial charge in [-0.2, -0.15) is 13.2 Å². The predicted molar refractivity (Wildman–Crippen MR) is 117 cm³/mol. The number of carbonyl (C=O) groups excluding carboxylic acids is 1. The Hall–Kier alpha value is -3.46. The highest BCUT2D eigenvalue weighted by Gasteiger charge is 2.32. The molecular formula is C23H18F3N3O2S. The van der Waals surface area contributed by atoms with Gasteiger partial charge in [-0.3, -0.25) is 14.7 Å². The number of halogens is 3. The Balaban J connectivity index is 1.75. The molecule has 0 aliphatic carbocycles. The third kappa shape index (κ3) is 4.72. The number of rotatable bonds is 6. The first kappa shape index (κ1) is 21.8. The molecule has 2 aromatic heterocycles. The monoisotopic (exact) mass is 457 g/mol. The molecule has 2 heterocycles. The number of hydrogen-bond donors (Lipinski definition) is 0. The van der Waals surface area contributed by atoms with Crippen LogP contribution in [0.5, 0.6) is 5.75 Å². The Labute approximate surface area is 186 Å². The number of amides is 1. The molecule has 0 radical (unpaired) electrons. The van der Waals surface area contributed by atoms with E-state index in [1.54, 1.807) is 36.5 Å². The molecule has 0 unspecified atom stereocenters. The highest BCUT2D eigenvalue weighted by Crippen LogP contribution is 2.34. The van der Waals surface area contributed by atoms with Crippen LogP contribution in [0.4, 0.5) is 18.3 Å². The third-order valence-corrected chi connectivity index (χ3v) is 5.66. The van der Waals surface area contributed by atoms with Crippen LogP contribution in [0.1, 0.15) is 28.5 Å². The summed E-state index contributed by atoms with van der Waals surface area (Å²) in [4.78, 5) is 23.5. The van der Waals surface area contributed by atoms with Crippen molar-refractivity contribution in [2.24, 2.45) is 0 Å². The fourth-order valence-electron chi connectivity index (χ4n) is 3.13. The summed E-state index contributed by atoms with van der Waals surface area (Å²) in [5.41, 5.74) is 0.287. The van der Waals surface area contributed by atoms with Gasteiger partial charge in [-0.15, -0.1) is 0 Å². The first-order valence-electron chi connectivity index (χ1n) is 9.77. The Kier molecular flexibility index (Phi) is 6.09. The van der Waals surface area contributed by atoms with Crippen LogP contribution < -0.4 is 9.64 Å². The maximum atomic E-state index is 13.3. The largest absolute Gasteiger partial charge is 0.494 e. The maximum absolute atomic E-state index is 13.3. The lowest BCUT2D eigenvalue weighted by molar-refractivity contribution is -0.137. The number of aromatic nitrogens is 2. The molecule has 0 saturated heterocycles. The van der Waals surface area contributed by atoms with E-state index < -0.39 is 17.6 Å². The van der Waals surface area contributed by atoms with E-state index in [1.165, 1.54) is 28.4 Å². The molecule has 9 heteroatoms. The lowest BCUT2D eigenvalue weighted by Gasteiger charge is -2.20. The van der Waals surface area contributed by atoms with E-state index >= 15 is 0 Å². The van der Waals surface area contributed by atoms with Crippen molar-refractivity contribution in [3.8, 4) is 5.75 Å². The van der Waals surface area contributed by atoms with E-state index in [-0.39, 0.29) is 12.1 Å². The van der Waals surface area contributed by atoms with Crippen molar-refractivity contribution < 1.29 is 22.7 Å². The van der Waals surface area contributed by atoms with E-state index in [4.69, 9.17) is 4.74 Å². The van der Waals surface area contributed by atoms with Crippen LogP contribution >= 0.6 is 11.3 Å². The number of benzene rings is 2. The number of carbonyl (C=O) groups is 1. The standard InChI is InChI=1S/C23H18F3N3O2S/c1-2-31-18-9-10-19-20(13-18)32-22(28-19)29(14-17-8-3-4-11-27-17)21(30)15-6-5-7-16(12-15)23(24,25)26/h3-13H,2,14H2,1H3. The lowest BCUT2D eigenvalue weighted by atomic mass is 10.1. The van der Waals surface area contributed by atoms with Crippen molar-refractivity contribution in [1.82, 2.24) is 9.97 Å². The molecule has 0 N–H and O–H groups in total. The van der Waals surface area contributed by atoms with E-state index in [0.29, 0.717) is 28.7 Å². The summed E-state index contributed by atoms with van der Waals surface area (Å²) in [6.45, 7) is 2.45. The average Bonchev–Trinajstić information content (AvgIpc) is 3.20. The molecule has 32 heavy (non-hydrogen) atoms. The zero-order valence-corrected chi connectivity index (χ0v) is 17.8. The minimum absolute atomic E-state index is 0.0635. The minimum Gasteiger partial charge on any atom is -0.494 e. The van der Waals surface area contributed by atoms with Gasteiger partial charge >= 0.3 is 6.18 Å². The van der Waals surface area contributed by atoms with Gasteiger partial charge in [-0.05, 0) is 55.5 Å². The van der Waals surface area contributed by atoms with Gasteiger partial charge in [0.1, 0.15) is 5.75 Å². The smallest absolute Gasteiger partial charge is 0.416 e. The van der Waals surface area contributed by atoms with Crippen LogP contribution in [-0.4, -0.2) is 22.5 Å². The molecule has 1 amide bonds. The first-order valence-corrected chi connectivity index (χ1v) is 10.6. The molecule has 164 valence electrons. The second-order valence-corrected chi connectivity index (χ2v) is 7.86. The summed E-state index contributed by atoms with van der Waals surface area (Å²) in [5, 5.41) is 0.363. The van der Waals surface area contributed by atoms with Crippen molar-refractivity contribution >= 4 is 32.6 Å². The fraction of sp³-hybridized carbons (Fsp3) is 0.174. The molecular weight excluding hydrogens is 439 g/mol. The quantitative estimate of drug-likeness (QED) is 0.359. The number of alkyl halides is 3. The SMILES string of the molecule is CCOc1ccc2nc(N(Cc3ccccn3)C(=O)c3cccc(C(F)(F)F)c3)sc2c1. The number of hydrogen-bond acceptors (Lipinski definition) is 5. The molecule has 0 saturated carbocycles. The summed E-state index contributed by atoms with van der Waals surface area (Å²) in [6, 6.07) is 15.0. The molecule has 0 atom stereocenters. The van der Waals surface area contributed by atoms with Crippen molar-refractivity contribution in [3.63, 3.8) is 0 Å². The van der Waals surface area contributed by atoms with Crippen molar-refractivity contribution in [2.45, 2.75) is 19.6 Å². The van der Waals surface area contributed by atoms with Gasteiger partial charge in [0.15, 0.2) is 5.13 Å². The van der Waals surface area contributed by atoms with Crippen molar-refractivity contribution in [3.05, 3.63) is 83.7 Å². The van der Waals surface area contributed by atoms with Crippen LogP contribution in [0.15, 0.2) is 66.9 Å². The number of thiazole rings is 1. The fourth-order valence-corrected chi connectivity index (χ4v) is 4.12. The summed E-state index contributed by atoms with van der Waals surface area (Å²) >= 11 is 1.26. The highest BCUT2D eigenvalue weighted by molar-refractivity contribution is 7.22. The minimum atomic E-state index is -4.55. The van der Waals surface area contributed by atoms with Crippen molar-refractivity contribution in [2.75, 3.05) is 11.5 Å². The van der Waals surface area contributed by atoms with Gasteiger partial charge in [0.05, 0.1) is 34.6 Å². The van der Waals surface area contributed by atoms with Gasteiger partial charge in [0, 0.05) is 11.8 Å². The normalized spacial score (nSPS) is 11.5. The Bertz CT molecular complexity index is 1240. The molecule has 0 aliphatic heterocycles. The first-order chi connectivity index (χ1) is 15.3. The van der Waals surface area contributed by atoms with Crippen LogP contribution in [-0.2, 0) is 12.7 Å². The maximum Gasteiger partial charge on any atom is 0.416 e. The predicted octanol–water partition coefficient (Wildman–Crippen LogP) is 5.96. The molecule has 0 aliphatic rings. The number of fused-ring (bicyclic) bond motifs is 1. The summed E-state index contributed by atoms with van der Waals surface area (Å²) in [5.74, 6) is 0.0847. The van der Waals surface area contributed by atoms with Crippen LogP contribution in [0.25, 0.3) is 10.2 Å². The van der Waals surface area contributed by atoms with E-state index in [9.17, 15) is 18.0 Å². The second kappa shape index (κ2) is 8.96. The molecule has 2 aromatic carbocycles. The summed E-state index contributed by atoms with van der Waals surface area (Å²) < 4.78 is 45.9. The van der Waals surface area contributed by atoms with Crippen LogP contribution in [0.2, 0.25) is 0 Å². The van der Waals surface area contributed by atoms with Gasteiger partial charge in [-0.1, -0.05) is 23.5 Å². The topological polar surface area (TPSA) is 55.3 Å². The molecule has 0 spiro atoms. The average molecular weight is 457 g/mol. The summed E-state index contributed by atoms with van der Waals surface area (Å²) in [7, 11) is 0. The van der Waals surface area contributed by atoms with Gasteiger partial charge in [0.25, 0.3) is 5.91 Å². The van der Waals surface area contributed by atoms with Crippen molar-refractivity contribution in [1.29, 1.82) is 0 Å². The Morgan fingerprint density at radius 3 is 2.66 bits per heavy atom. The van der Waals surface area contributed by atoms with Gasteiger partial charge in [0.2, 0.25) is 0 Å². The highest BCUT2D eigenvalue weighted by atomic mass is 32.1. The second-order valence-electron chi connectivity index (χ2n) is 6.85. The zero-order chi connectivity index (χ0) is 22.7. The molecule has 0 bridgehead atoms. The third-order valence-electron chi connectivity index (χ3n) is 4.62. The number of nitrogens with zero attached hydrogens (tertiary/aromatic N) is 3. The Morgan fingerprint density at radius 2 is 1.94 bits per heavy atom. The molecule has 5 nitrogen and oxygen atoms in total. The van der Waals surface area contributed by atoms with E-state index in [2.05, 4.69) is 9.97 Å². The van der Waals surface area contributed by atoms with Gasteiger partial charge < -0.3 is 4.74 Å². The number of pyridine rings is 1. The lowest BCUT2D eigenvalue weighted by Crippen LogP contribution is -2.31. The summed E-state index contributed by atoms with van der Waals surface area (Å²) in [6.07, 6.45) is -2.96. The van der Waals surface area contributed by atoms with Crippen LogP contribution in [0.3, 0.4) is 0 Å². The van der Waals surface area contributed by atoms with E-state index in [1.807, 2.05) is 13.0 Å². The Morgan fingerprint density at radius 1 is 1.09 bits per heavy atom. The molecule has 4 aromatic rings. The van der Waals surface area contributed by atoms with Crippen LogP contribution in [0, 0.1) is 0 Å².